The third-order valence-electron chi connectivity index (χ3n) is 1.27. The summed E-state index contributed by atoms with van der Waals surface area (Å²) in [5, 5.41) is 0. The summed E-state index contributed by atoms with van der Waals surface area (Å²) in [6.07, 6.45) is 0. The maximum atomic E-state index is 12.7. The van der Waals surface area contributed by atoms with Gasteiger partial charge in [0.1, 0.15) is 5.82 Å². The molecule has 0 aromatic heterocycles. The van der Waals surface area contributed by atoms with Crippen LogP contribution in [-0.4, -0.2) is 0 Å². The van der Waals surface area contributed by atoms with E-state index in [1.54, 1.807) is 0 Å². The predicted octanol–water partition coefficient (Wildman–Crippen LogP) is 1.54. The summed E-state index contributed by atoms with van der Waals surface area (Å²) in [6.45, 7) is 6.54. The molecular formula is C7H6FN3. The summed E-state index contributed by atoms with van der Waals surface area (Å²) < 4.78 is 12.7. The Kier molecular flexibility index (Phi) is 1.65. The SMILES string of the molecule is [C-]#[N+]c1cc(N)c(N)cc1F. The zero-order valence-corrected chi connectivity index (χ0v) is 5.63. The second-order valence-corrected chi connectivity index (χ2v) is 2.04. The molecule has 0 aliphatic carbocycles. The fourth-order valence-corrected chi connectivity index (χ4v) is 0.679. The lowest BCUT2D eigenvalue weighted by molar-refractivity contribution is 0.634. The van der Waals surface area contributed by atoms with Crippen LogP contribution in [0.5, 0.6) is 0 Å². The molecule has 0 aliphatic heterocycles. The molecule has 56 valence electrons. The quantitative estimate of drug-likeness (QED) is 0.436. The van der Waals surface area contributed by atoms with E-state index in [2.05, 4.69) is 4.85 Å². The molecule has 3 nitrogen and oxygen atoms in total. The van der Waals surface area contributed by atoms with Gasteiger partial charge in [-0.05, 0) is 12.1 Å². The first-order chi connectivity index (χ1) is 5.15. The van der Waals surface area contributed by atoms with Crippen LogP contribution in [0.25, 0.3) is 4.85 Å². The molecule has 0 heterocycles. The van der Waals surface area contributed by atoms with Gasteiger partial charge in [0.25, 0.3) is 0 Å². The molecule has 0 bridgehead atoms. The van der Waals surface area contributed by atoms with Crippen molar-refractivity contribution in [3.63, 3.8) is 0 Å². The van der Waals surface area contributed by atoms with Crippen molar-refractivity contribution in [2.75, 3.05) is 11.5 Å². The van der Waals surface area contributed by atoms with Crippen LogP contribution in [0.15, 0.2) is 12.1 Å². The van der Waals surface area contributed by atoms with Crippen molar-refractivity contribution < 1.29 is 4.39 Å². The fraction of sp³-hybridized carbons (Fsp3) is 0. The molecule has 0 saturated heterocycles. The third-order valence-corrected chi connectivity index (χ3v) is 1.27. The number of hydrogen-bond acceptors (Lipinski definition) is 2. The van der Waals surface area contributed by atoms with Crippen LogP contribution in [0.3, 0.4) is 0 Å². The smallest absolute Gasteiger partial charge is 0.224 e. The largest absolute Gasteiger partial charge is 0.398 e. The number of nitrogen functional groups attached to an aromatic ring is 2. The minimum atomic E-state index is -0.633. The first-order valence-electron chi connectivity index (χ1n) is 2.87. The Morgan fingerprint density at radius 3 is 2.36 bits per heavy atom. The lowest BCUT2D eigenvalue weighted by Gasteiger charge is -2.00. The number of nitrogens with zero attached hydrogens (tertiary/aromatic N) is 1. The molecule has 0 fully saturated rings. The molecule has 11 heavy (non-hydrogen) atoms. The molecule has 4 heteroatoms. The highest BCUT2D eigenvalue weighted by molar-refractivity contribution is 5.70. The van der Waals surface area contributed by atoms with Gasteiger partial charge in [-0.1, -0.05) is 0 Å². The predicted molar refractivity (Wildman–Crippen MR) is 41.5 cm³/mol. The van der Waals surface area contributed by atoms with Gasteiger partial charge in [-0.3, -0.25) is 0 Å². The summed E-state index contributed by atoms with van der Waals surface area (Å²) in [5.41, 5.74) is 10.9. The summed E-state index contributed by atoms with van der Waals surface area (Å²) >= 11 is 0. The minimum absolute atomic E-state index is 0.100. The molecule has 1 aromatic carbocycles. The Balaban J connectivity index is 3.35. The second kappa shape index (κ2) is 2.46. The average molecular weight is 151 g/mol. The Morgan fingerprint density at radius 1 is 1.27 bits per heavy atom. The van der Waals surface area contributed by atoms with Gasteiger partial charge < -0.3 is 11.5 Å². The van der Waals surface area contributed by atoms with Gasteiger partial charge >= 0.3 is 0 Å². The number of benzene rings is 1. The van der Waals surface area contributed by atoms with Crippen LogP contribution in [0, 0.1) is 12.4 Å². The van der Waals surface area contributed by atoms with Crippen molar-refractivity contribution in [2.24, 2.45) is 0 Å². The topological polar surface area (TPSA) is 56.4 Å². The highest BCUT2D eigenvalue weighted by atomic mass is 19.1. The number of nitrogens with two attached hydrogens (primary N) is 2. The monoisotopic (exact) mass is 151 g/mol. The molecule has 0 radical (unpaired) electrons. The highest BCUT2D eigenvalue weighted by Crippen LogP contribution is 2.25. The van der Waals surface area contributed by atoms with E-state index in [1.165, 1.54) is 6.07 Å². The van der Waals surface area contributed by atoms with E-state index in [1.807, 2.05) is 0 Å². The Hall–Kier alpha value is -1.76. The van der Waals surface area contributed by atoms with Crippen LogP contribution in [0.2, 0.25) is 0 Å². The van der Waals surface area contributed by atoms with Gasteiger partial charge in [-0.25, -0.2) is 9.24 Å². The van der Waals surface area contributed by atoms with E-state index in [4.69, 9.17) is 18.0 Å². The molecule has 0 unspecified atom stereocenters. The van der Waals surface area contributed by atoms with Crippen molar-refractivity contribution in [1.82, 2.24) is 0 Å². The molecule has 4 N–H and O–H groups in total. The third kappa shape index (κ3) is 1.22. The van der Waals surface area contributed by atoms with E-state index < -0.39 is 5.82 Å². The zero-order valence-electron chi connectivity index (χ0n) is 5.63. The van der Waals surface area contributed by atoms with E-state index >= 15 is 0 Å². The standard InChI is InChI=1S/C7H6FN3/c1-11-7-3-6(10)5(9)2-4(7)8/h2-3H,9-10H2. The molecular weight excluding hydrogens is 145 g/mol. The van der Waals surface area contributed by atoms with E-state index in [0.29, 0.717) is 0 Å². The van der Waals surface area contributed by atoms with E-state index in [9.17, 15) is 4.39 Å². The number of halogens is 1. The lowest BCUT2D eigenvalue weighted by Crippen LogP contribution is -1.94. The Morgan fingerprint density at radius 2 is 1.82 bits per heavy atom. The molecule has 0 amide bonds. The average Bonchev–Trinajstić information content (AvgIpc) is 1.97. The van der Waals surface area contributed by atoms with Crippen molar-refractivity contribution in [2.45, 2.75) is 0 Å². The van der Waals surface area contributed by atoms with Crippen molar-refractivity contribution >= 4 is 17.1 Å². The highest BCUT2D eigenvalue weighted by Gasteiger charge is 2.04. The van der Waals surface area contributed by atoms with Crippen molar-refractivity contribution in [3.05, 3.63) is 29.4 Å². The van der Waals surface area contributed by atoms with Gasteiger partial charge in [0, 0.05) is 5.69 Å². The van der Waals surface area contributed by atoms with Crippen LogP contribution >= 0.6 is 0 Å². The zero-order chi connectivity index (χ0) is 8.43. The molecule has 1 rings (SSSR count). The normalized spacial score (nSPS) is 9.09. The minimum Gasteiger partial charge on any atom is -0.398 e. The maximum Gasteiger partial charge on any atom is 0.224 e. The lowest BCUT2D eigenvalue weighted by atomic mass is 10.2. The summed E-state index contributed by atoms with van der Waals surface area (Å²) in [6, 6.07) is 2.26. The van der Waals surface area contributed by atoms with Crippen LogP contribution in [0.1, 0.15) is 0 Å². The Bertz CT molecular complexity index is 327. The van der Waals surface area contributed by atoms with Crippen molar-refractivity contribution in [1.29, 1.82) is 0 Å². The number of anilines is 2. The van der Waals surface area contributed by atoms with E-state index in [-0.39, 0.29) is 17.1 Å². The molecule has 0 spiro atoms. The number of hydrogen-bond donors (Lipinski definition) is 2. The molecule has 1 aromatic rings. The van der Waals surface area contributed by atoms with Crippen molar-refractivity contribution in [3.8, 4) is 0 Å². The first-order valence-corrected chi connectivity index (χ1v) is 2.87. The summed E-state index contributed by atoms with van der Waals surface area (Å²) in [4.78, 5) is 2.91. The van der Waals surface area contributed by atoms with Crippen LogP contribution in [-0.2, 0) is 0 Å². The van der Waals surface area contributed by atoms with Gasteiger partial charge in [0.15, 0.2) is 0 Å². The van der Waals surface area contributed by atoms with E-state index in [0.717, 1.165) is 6.07 Å². The maximum absolute atomic E-state index is 12.7. The molecule has 0 aliphatic rings. The van der Waals surface area contributed by atoms with Gasteiger partial charge in [0.05, 0.1) is 12.3 Å². The molecule has 0 saturated carbocycles. The van der Waals surface area contributed by atoms with Gasteiger partial charge in [-0.2, -0.15) is 0 Å². The second-order valence-electron chi connectivity index (χ2n) is 2.04. The fourth-order valence-electron chi connectivity index (χ4n) is 0.679. The molecule has 0 atom stereocenters. The van der Waals surface area contributed by atoms with Crippen LogP contribution < -0.4 is 11.5 Å². The summed E-state index contributed by atoms with van der Waals surface area (Å²) in [7, 11) is 0. The first kappa shape index (κ1) is 7.35. The van der Waals surface area contributed by atoms with Gasteiger partial charge in [-0.15, -0.1) is 0 Å². The number of rotatable bonds is 0. The summed E-state index contributed by atoms with van der Waals surface area (Å²) in [5.74, 6) is -0.633. The van der Waals surface area contributed by atoms with Gasteiger partial charge in [0.2, 0.25) is 5.69 Å². The Labute approximate surface area is 63.2 Å². The van der Waals surface area contributed by atoms with Crippen LogP contribution in [0.4, 0.5) is 21.5 Å².